The third-order valence-corrected chi connectivity index (χ3v) is 4.31. The molecule has 4 rings (SSSR count). The van der Waals surface area contributed by atoms with E-state index in [9.17, 15) is 4.39 Å². The third kappa shape index (κ3) is 3.32. The average molecular weight is 378 g/mol. The van der Waals surface area contributed by atoms with Crippen molar-refractivity contribution < 1.29 is 9.13 Å². The molecule has 0 saturated heterocycles. The van der Waals surface area contributed by atoms with Gasteiger partial charge in [-0.05, 0) is 37.3 Å². The van der Waals surface area contributed by atoms with E-state index in [0.717, 1.165) is 16.9 Å². The summed E-state index contributed by atoms with van der Waals surface area (Å²) >= 11 is 0. The first-order valence-electron chi connectivity index (χ1n) is 8.67. The molecule has 8 heteroatoms. The van der Waals surface area contributed by atoms with Gasteiger partial charge < -0.3 is 14.6 Å². The molecule has 2 aromatic heterocycles. The number of para-hydroxylation sites is 1. The minimum absolute atomic E-state index is 0.341. The molecule has 2 aromatic carbocycles. The van der Waals surface area contributed by atoms with Crippen LogP contribution in [0.25, 0.3) is 17.1 Å². The van der Waals surface area contributed by atoms with Crippen LogP contribution in [0.15, 0.2) is 55.0 Å². The zero-order chi connectivity index (χ0) is 19.7. The highest BCUT2D eigenvalue weighted by Gasteiger charge is 2.14. The minimum atomic E-state index is -0.353. The smallest absolute Gasteiger partial charge is 0.226 e. The van der Waals surface area contributed by atoms with Crippen LogP contribution in [0.5, 0.6) is 5.75 Å². The third-order valence-electron chi connectivity index (χ3n) is 4.31. The summed E-state index contributed by atoms with van der Waals surface area (Å²) in [4.78, 5) is 8.75. The highest BCUT2D eigenvalue weighted by atomic mass is 19.1. The van der Waals surface area contributed by atoms with Gasteiger partial charge in [-0.15, -0.1) is 5.10 Å². The summed E-state index contributed by atoms with van der Waals surface area (Å²) in [5.74, 6) is 1.26. The fourth-order valence-electron chi connectivity index (χ4n) is 2.88. The highest BCUT2D eigenvalue weighted by molar-refractivity contribution is 5.65. The number of ether oxygens (including phenoxy) is 1. The van der Waals surface area contributed by atoms with Crippen molar-refractivity contribution in [2.45, 2.75) is 6.92 Å². The van der Waals surface area contributed by atoms with Crippen LogP contribution in [0, 0.1) is 12.7 Å². The first-order valence-corrected chi connectivity index (χ1v) is 8.67. The molecule has 0 aliphatic heterocycles. The minimum Gasteiger partial charge on any atom is -0.495 e. The first kappa shape index (κ1) is 17.7. The van der Waals surface area contributed by atoms with E-state index in [1.807, 2.05) is 35.9 Å². The molecule has 1 N–H and O–H groups in total. The fraction of sp³-hybridized carbons (Fsp3) is 0.150. The van der Waals surface area contributed by atoms with Gasteiger partial charge in [0.1, 0.15) is 11.6 Å². The zero-order valence-electron chi connectivity index (χ0n) is 15.7. The molecule has 0 fully saturated rings. The molecule has 2 heterocycles. The van der Waals surface area contributed by atoms with Gasteiger partial charge in [-0.1, -0.05) is 12.1 Å². The van der Waals surface area contributed by atoms with Crippen molar-refractivity contribution in [1.82, 2.24) is 24.3 Å². The molecule has 4 aromatic rings. The lowest BCUT2D eigenvalue weighted by molar-refractivity contribution is 0.413. The molecular formula is C20H19FN6O. The van der Waals surface area contributed by atoms with Crippen molar-refractivity contribution in [1.29, 1.82) is 0 Å². The Bertz CT molecular complexity index is 1130. The van der Waals surface area contributed by atoms with E-state index in [1.165, 1.54) is 6.07 Å². The number of nitrogens with one attached hydrogen (secondary N) is 1. The maximum Gasteiger partial charge on any atom is 0.226 e. The van der Waals surface area contributed by atoms with E-state index in [2.05, 4.69) is 20.4 Å². The summed E-state index contributed by atoms with van der Waals surface area (Å²) in [5.41, 5.74) is 2.91. The Kier molecular flexibility index (Phi) is 4.52. The maximum atomic E-state index is 13.9. The van der Waals surface area contributed by atoms with Crippen LogP contribution in [0.1, 0.15) is 5.69 Å². The number of methoxy groups -OCH3 is 1. The van der Waals surface area contributed by atoms with Gasteiger partial charge in [-0.2, -0.15) is 4.98 Å². The number of aryl methyl sites for hydroxylation is 2. The second kappa shape index (κ2) is 7.15. The number of halogens is 1. The summed E-state index contributed by atoms with van der Waals surface area (Å²) in [6.45, 7) is 1.93. The lowest BCUT2D eigenvalue weighted by atomic mass is 10.1. The average Bonchev–Trinajstić information content (AvgIpc) is 3.29. The Labute approximate surface area is 161 Å². The fourth-order valence-corrected chi connectivity index (χ4v) is 2.88. The number of imidazole rings is 1. The van der Waals surface area contributed by atoms with Crippen molar-refractivity contribution in [3.63, 3.8) is 0 Å². The number of rotatable bonds is 5. The topological polar surface area (TPSA) is 69.8 Å². The van der Waals surface area contributed by atoms with Crippen LogP contribution in [0.3, 0.4) is 0 Å². The Morgan fingerprint density at radius 2 is 1.96 bits per heavy atom. The quantitative estimate of drug-likeness (QED) is 0.571. The monoisotopic (exact) mass is 378 g/mol. The molecule has 0 radical (unpaired) electrons. The molecule has 0 spiro atoms. The Balaban J connectivity index is 1.67. The molecule has 0 saturated carbocycles. The number of anilines is 2. The van der Waals surface area contributed by atoms with E-state index in [4.69, 9.17) is 4.74 Å². The molecular weight excluding hydrogens is 359 g/mol. The van der Waals surface area contributed by atoms with E-state index in [-0.39, 0.29) is 5.82 Å². The summed E-state index contributed by atoms with van der Waals surface area (Å²) < 4.78 is 22.9. The van der Waals surface area contributed by atoms with Gasteiger partial charge in [0.25, 0.3) is 0 Å². The molecule has 0 aliphatic rings. The van der Waals surface area contributed by atoms with Crippen LogP contribution < -0.4 is 10.1 Å². The van der Waals surface area contributed by atoms with Crippen LogP contribution in [-0.4, -0.2) is 31.4 Å². The van der Waals surface area contributed by atoms with Gasteiger partial charge in [0, 0.05) is 18.8 Å². The van der Waals surface area contributed by atoms with E-state index < -0.39 is 0 Å². The van der Waals surface area contributed by atoms with Crippen molar-refractivity contribution in [3.8, 4) is 22.8 Å². The van der Waals surface area contributed by atoms with Crippen molar-refractivity contribution in [2.24, 2.45) is 7.05 Å². The number of aromatic nitrogens is 5. The lowest BCUT2D eigenvalue weighted by Gasteiger charge is -2.10. The summed E-state index contributed by atoms with van der Waals surface area (Å²) in [5, 5.41) is 7.40. The molecule has 28 heavy (non-hydrogen) atoms. The predicted molar refractivity (Wildman–Crippen MR) is 105 cm³/mol. The van der Waals surface area contributed by atoms with Gasteiger partial charge >= 0.3 is 0 Å². The predicted octanol–water partition coefficient (Wildman–Crippen LogP) is 3.87. The molecule has 7 nitrogen and oxygen atoms in total. The van der Waals surface area contributed by atoms with Crippen LogP contribution >= 0.6 is 0 Å². The molecule has 0 atom stereocenters. The normalized spacial score (nSPS) is 10.9. The van der Waals surface area contributed by atoms with E-state index >= 15 is 0 Å². The van der Waals surface area contributed by atoms with Crippen molar-refractivity contribution >= 4 is 11.6 Å². The summed E-state index contributed by atoms with van der Waals surface area (Å²) in [7, 11) is 3.36. The van der Waals surface area contributed by atoms with Gasteiger partial charge in [0.2, 0.25) is 5.95 Å². The highest BCUT2D eigenvalue weighted by Crippen LogP contribution is 2.29. The van der Waals surface area contributed by atoms with Crippen LogP contribution in [-0.2, 0) is 7.05 Å². The van der Waals surface area contributed by atoms with Crippen molar-refractivity contribution in [2.75, 3.05) is 12.4 Å². The lowest BCUT2D eigenvalue weighted by Crippen LogP contribution is -2.01. The second-order valence-corrected chi connectivity index (χ2v) is 6.30. The molecule has 142 valence electrons. The van der Waals surface area contributed by atoms with E-state index in [0.29, 0.717) is 23.2 Å². The van der Waals surface area contributed by atoms with Gasteiger partial charge in [0.15, 0.2) is 5.82 Å². The maximum absolute atomic E-state index is 13.9. The molecule has 0 amide bonds. The summed E-state index contributed by atoms with van der Waals surface area (Å²) in [6.07, 6.45) is 3.66. The van der Waals surface area contributed by atoms with Gasteiger partial charge in [0.05, 0.1) is 30.5 Å². The molecule has 0 bridgehead atoms. The SMILES string of the molecule is COc1cc(-c2nc(Nc3ccccc3F)n(C)n2)ccc1-n1cnc(C)c1. The first-order chi connectivity index (χ1) is 13.5. The van der Waals surface area contributed by atoms with Crippen LogP contribution in [0.4, 0.5) is 16.0 Å². The van der Waals surface area contributed by atoms with E-state index in [1.54, 1.807) is 43.4 Å². The number of hydrogen-bond donors (Lipinski definition) is 1. The summed E-state index contributed by atoms with van der Waals surface area (Å²) in [6, 6.07) is 12.1. The van der Waals surface area contributed by atoms with Crippen molar-refractivity contribution in [3.05, 3.63) is 66.5 Å². The standard InChI is InChI=1S/C20H19FN6O/c1-13-11-27(12-22-13)17-9-8-14(10-18(17)28-3)19-24-20(26(2)25-19)23-16-7-5-4-6-15(16)21/h4-12H,1-3H3,(H,23,24,25). The Hall–Kier alpha value is -3.68. The van der Waals surface area contributed by atoms with Crippen LogP contribution in [0.2, 0.25) is 0 Å². The second-order valence-electron chi connectivity index (χ2n) is 6.30. The number of benzene rings is 2. The molecule has 0 aliphatic carbocycles. The Morgan fingerprint density at radius 1 is 1.14 bits per heavy atom. The largest absolute Gasteiger partial charge is 0.495 e. The van der Waals surface area contributed by atoms with Gasteiger partial charge in [-0.3, -0.25) is 0 Å². The number of nitrogens with zero attached hydrogens (tertiary/aromatic N) is 5. The Morgan fingerprint density at radius 3 is 2.68 bits per heavy atom. The zero-order valence-corrected chi connectivity index (χ0v) is 15.7. The number of hydrogen-bond acceptors (Lipinski definition) is 5. The van der Waals surface area contributed by atoms with Gasteiger partial charge in [-0.25, -0.2) is 14.1 Å². The molecule has 0 unspecified atom stereocenters.